The molecule has 1 rings (SSSR count). The molecule has 21 heavy (non-hydrogen) atoms. The number of halogens is 3. The average molecular weight is 321 g/mol. The summed E-state index contributed by atoms with van der Waals surface area (Å²) in [5, 5.41) is 0. The van der Waals surface area contributed by atoms with Crippen LogP contribution < -0.4 is 4.74 Å². The van der Waals surface area contributed by atoms with Crippen molar-refractivity contribution in [1.82, 2.24) is 4.90 Å². The van der Waals surface area contributed by atoms with E-state index >= 15 is 0 Å². The Labute approximate surface area is 126 Å². The molecule has 0 spiro atoms. The second kappa shape index (κ2) is 8.17. The molecule has 1 aromatic carbocycles. The number of hydrogen-bond acceptors (Lipinski definition) is 3. The molecule has 3 nitrogen and oxygen atoms in total. The van der Waals surface area contributed by atoms with Gasteiger partial charge in [-0.1, -0.05) is 12.1 Å². The normalized spacial score (nSPS) is 11.3. The predicted molar refractivity (Wildman–Crippen MR) is 77.2 cm³/mol. The fourth-order valence-electron chi connectivity index (χ4n) is 1.71. The van der Waals surface area contributed by atoms with Crippen LogP contribution in [0.3, 0.4) is 0 Å². The lowest BCUT2D eigenvalue weighted by Crippen LogP contribution is -2.31. The van der Waals surface area contributed by atoms with Crippen molar-refractivity contribution < 1.29 is 22.7 Å². The maximum absolute atomic E-state index is 12.0. The van der Waals surface area contributed by atoms with E-state index in [1.807, 2.05) is 13.8 Å². The molecule has 0 fully saturated rings. The van der Waals surface area contributed by atoms with Crippen molar-refractivity contribution >= 4 is 17.7 Å². The molecular weight excluding hydrogens is 303 g/mol. The molecule has 0 saturated carbocycles. The molecular formula is C14H18F3NO2S. The molecule has 0 N–H and O–H groups in total. The molecule has 0 atom stereocenters. The van der Waals surface area contributed by atoms with Crippen LogP contribution in [0.4, 0.5) is 13.2 Å². The van der Waals surface area contributed by atoms with E-state index in [2.05, 4.69) is 4.74 Å². The summed E-state index contributed by atoms with van der Waals surface area (Å²) < 4.78 is 39.8. The Morgan fingerprint density at radius 2 is 1.76 bits per heavy atom. The summed E-state index contributed by atoms with van der Waals surface area (Å²) in [6, 6.07) is 5.68. The Balaban J connectivity index is 2.41. The third kappa shape index (κ3) is 6.75. The Hall–Kier alpha value is -1.37. The van der Waals surface area contributed by atoms with Crippen molar-refractivity contribution in [3.05, 3.63) is 29.8 Å². The van der Waals surface area contributed by atoms with Gasteiger partial charge in [-0.25, -0.2) is 0 Å². The van der Waals surface area contributed by atoms with Gasteiger partial charge in [0.15, 0.2) is 0 Å². The summed E-state index contributed by atoms with van der Waals surface area (Å²) in [5.74, 6) is 0.763. The lowest BCUT2D eigenvalue weighted by molar-refractivity contribution is -0.274. The van der Waals surface area contributed by atoms with Gasteiger partial charge in [-0.3, -0.25) is 4.79 Å². The van der Waals surface area contributed by atoms with Crippen molar-refractivity contribution in [2.24, 2.45) is 0 Å². The molecule has 0 unspecified atom stereocenters. The van der Waals surface area contributed by atoms with Crippen molar-refractivity contribution in [2.45, 2.75) is 26.0 Å². The number of ether oxygens (including phenoxy) is 1. The highest BCUT2D eigenvalue weighted by Gasteiger charge is 2.30. The highest BCUT2D eigenvalue weighted by Crippen LogP contribution is 2.23. The SMILES string of the molecule is CCN(CC)C(=O)CSCc1ccc(OC(F)(F)F)cc1. The summed E-state index contributed by atoms with van der Waals surface area (Å²) in [4.78, 5) is 13.5. The van der Waals surface area contributed by atoms with Crippen LogP contribution in [-0.4, -0.2) is 36.0 Å². The van der Waals surface area contributed by atoms with E-state index in [-0.39, 0.29) is 11.7 Å². The van der Waals surface area contributed by atoms with Gasteiger partial charge in [0.2, 0.25) is 5.91 Å². The van der Waals surface area contributed by atoms with Crippen LogP contribution in [0.25, 0.3) is 0 Å². The number of benzene rings is 1. The monoisotopic (exact) mass is 321 g/mol. The molecule has 0 aliphatic carbocycles. The van der Waals surface area contributed by atoms with Crippen molar-refractivity contribution in [3.8, 4) is 5.75 Å². The van der Waals surface area contributed by atoms with Crippen LogP contribution >= 0.6 is 11.8 Å². The van der Waals surface area contributed by atoms with Crippen LogP contribution in [0.2, 0.25) is 0 Å². The van der Waals surface area contributed by atoms with E-state index in [0.717, 1.165) is 5.56 Å². The lowest BCUT2D eigenvalue weighted by Gasteiger charge is -2.18. The number of rotatable bonds is 7. The average Bonchev–Trinajstić information content (AvgIpc) is 2.40. The first kappa shape index (κ1) is 17.7. The number of amides is 1. The molecule has 118 valence electrons. The fraction of sp³-hybridized carbons (Fsp3) is 0.500. The van der Waals surface area contributed by atoms with E-state index in [1.54, 1.807) is 17.0 Å². The maximum Gasteiger partial charge on any atom is 0.573 e. The number of nitrogens with zero attached hydrogens (tertiary/aromatic N) is 1. The molecule has 0 aliphatic rings. The largest absolute Gasteiger partial charge is 0.573 e. The first-order valence-corrected chi connectivity index (χ1v) is 7.71. The van der Waals surface area contributed by atoms with Crippen molar-refractivity contribution in [3.63, 3.8) is 0 Å². The first-order valence-electron chi connectivity index (χ1n) is 6.56. The van der Waals surface area contributed by atoms with Gasteiger partial charge >= 0.3 is 6.36 Å². The Morgan fingerprint density at radius 3 is 2.24 bits per heavy atom. The van der Waals surface area contributed by atoms with Gasteiger partial charge in [-0.15, -0.1) is 24.9 Å². The minimum Gasteiger partial charge on any atom is -0.406 e. The third-order valence-electron chi connectivity index (χ3n) is 2.77. The second-order valence-corrected chi connectivity index (χ2v) is 5.24. The van der Waals surface area contributed by atoms with Gasteiger partial charge in [0.05, 0.1) is 5.75 Å². The molecule has 1 aromatic rings. The Morgan fingerprint density at radius 1 is 1.19 bits per heavy atom. The highest BCUT2D eigenvalue weighted by atomic mass is 32.2. The standard InChI is InChI=1S/C14H18F3NO2S/c1-3-18(4-2)13(19)10-21-9-11-5-7-12(8-6-11)20-14(15,16)17/h5-8H,3-4,9-10H2,1-2H3. The van der Waals surface area contributed by atoms with Crippen molar-refractivity contribution in [1.29, 1.82) is 0 Å². The molecule has 7 heteroatoms. The number of thioether (sulfide) groups is 1. The van der Waals surface area contributed by atoms with Gasteiger partial charge in [0.25, 0.3) is 0 Å². The summed E-state index contributed by atoms with van der Waals surface area (Å²) in [6.45, 7) is 5.20. The number of carbonyl (C=O) groups is 1. The van der Waals surface area contributed by atoms with Gasteiger partial charge < -0.3 is 9.64 Å². The highest BCUT2D eigenvalue weighted by molar-refractivity contribution is 7.99. The molecule has 0 aromatic heterocycles. The van der Waals surface area contributed by atoms with Gasteiger partial charge in [0.1, 0.15) is 5.75 Å². The summed E-state index contributed by atoms with van der Waals surface area (Å²) >= 11 is 1.44. The fourth-order valence-corrected chi connectivity index (χ4v) is 2.60. The number of alkyl halides is 3. The second-order valence-electron chi connectivity index (χ2n) is 4.25. The van der Waals surface area contributed by atoms with E-state index in [4.69, 9.17) is 0 Å². The van der Waals surface area contributed by atoms with Gasteiger partial charge in [-0.2, -0.15) is 0 Å². The smallest absolute Gasteiger partial charge is 0.406 e. The van der Waals surface area contributed by atoms with E-state index in [0.29, 0.717) is 24.6 Å². The van der Waals surface area contributed by atoms with Crippen LogP contribution in [0, 0.1) is 0 Å². The predicted octanol–water partition coefficient (Wildman–Crippen LogP) is 3.69. The van der Waals surface area contributed by atoms with Crippen LogP contribution in [0.5, 0.6) is 5.75 Å². The summed E-state index contributed by atoms with van der Waals surface area (Å²) in [7, 11) is 0. The van der Waals surface area contributed by atoms with E-state index < -0.39 is 6.36 Å². The quantitative estimate of drug-likeness (QED) is 0.767. The molecule has 1 amide bonds. The number of hydrogen-bond donors (Lipinski definition) is 0. The zero-order valence-electron chi connectivity index (χ0n) is 11.9. The minimum absolute atomic E-state index is 0.0713. The zero-order valence-corrected chi connectivity index (χ0v) is 12.8. The Bertz CT molecular complexity index is 445. The van der Waals surface area contributed by atoms with Crippen LogP contribution in [0.1, 0.15) is 19.4 Å². The first-order chi connectivity index (χ1) is 9.85. The summed E-state index contributed by atoms with van der Waals surface area (Å²) in [5.41, 5.74) is 0.849. The number of carbonyl (C=O) groups excluding carboxylic acids is 1. The van der Waals surface area contributed by atoms with Gasteiger partial charge in [0, 0.05) is 18.8 Å². The molecule has 0 heterocycles. The van der Waals surface area contributed by atoms with Crippen LogP contribution in [-0.2, 0) is 10.5 Å². The zero-order chi connectivity index (χ0) is 15.9. The molecule has 0 bridgehead atoms. The summed E-state index contributed by atoms with van der Waals surface area (Å²) in [6.07, 6.45) is -4.67. The molecule has 0 saturated heterocycles. The van der Waals surface area contributed by atoms with E-state index in [1.165, 1.54) is 23.9 Å². The van der Waals surface area contributed by atoms with E-state index in [9.17, 15) is 18.0 Å². The van der Waals surface area contributed by atoms with Crippen LogP contribution in [0.15, 0.2) is 24.3 Å². The molecule has 0 radical (unpaired) electrons. The van der Waals surface area contributed by atoms with Crippen molar-refractivity contribution in [2.75, 3.05) is 18.8 Å². The Kier molecular flexibility index (Phi) is 6.87. The topological polar surface area (TPSA) is 29.5 Å². The minimum atomic E-state index is -4.67. The maximum atomic E-state index is 12.0. The van der Waals surface area contributed by atoms with Gasteiger partial charge in [-0.05, 0) is 31.5 Å². The third-order valence-corrected chi connectivity index (χ3v) is 3.76. The molecule has 0 aliphatic heterocycles. The lowest BCUT2D eigenvalue weighted by atomic mass is 10.2.